The third kappa shape index (κ3) is 3.49. The minimum atomic E-state index is -0.219. The quantitative estimate of drug-likeness (QED) is 0.792. The predicted molar refractivity (Wildman–Crippen MR) is 69.3 cm³/mol. The molecule has 0 atom stereocenters. The van der Waals surface area contributed by atoms with E-state index < -0.39 is 0 Å². The van der Waals surface area contributed by atoms with Crippen LogP contribution in [0.3, 0.4) is 0 Å². The zero-order chi connectivity index (χ0) is 12.1. The second-order valence-electron chi connectivity index (χ2n) is 3.64. The molecule has 0 amide bonds. The van der Waals surface area contributed by atoms with Crippen LogP contribution in [0, 0.1) is 13.8 Å². The van der Waals surface area contributed by atoms with Gasteiger partial charge in [-0.2, -0.15) is 0 Å². The molecule has 0 unspecified atom stereocenters. The Balaban J connectivity index is 2.85. The topological polar surface area (TPSA) is 26.3 Å². The molecule has 1 rings (SSSR count). The molecular weight excluding hydrogens is 268 g/mol. The molecule has 0 aliphatic carbocycles. The SMILES string of the molecule is COC(=O)C/C=C/c1c(C)cc(Br)cc1C. The molecule has 0 spiro atoms. The van der Waals surface area contributed by atoms with E-state index in [2.05, 4.69) is 46.6 Å². The van der Waals surface area contributed by atoms with Gasteiger partial charge in [-0.15, -0.1) is 0 Å². The summed E-state index contributed by atoms with van der Waals surface area (Å²) in [6, 6.07) is 4.12. The molecule has 16 heavy (non-hydrogen) atoms. The highest BCUT2D eigenvalue weighted by Crippen LogP contribution is 2.21. The Hall–Kier alpha value is -1.09. The highest BCUT2D eigenvalue weighted by Gasteiger charge is 2.01. The van der Waals surface area contributed by atoms with Crippen LogP contribution >= 0.6 is 15.9 Å². The summed E-state index contributed by atoms with van der Waals surface area (Å²) in [7, 11) is 1.40. The minimum Gasteiger partial charge on any atom is -0.469 e. The van der Waals surface area contributed by atoms with Crippen LogP contribution in [0.1, 0.15) is 23.1 Å². The summed E-state index contributed by atoms with van der Waals surface area (Å²) in [4.78, 5) is 10.9. The van der Waals surface area contributed by atoms with Crippen molar-refractivity contribution in [2.75, 3.05) is 7.11 Å². The summed E-state index contributed by atoms with van der Waals surface area (Å²) in [6.45, 7) is 4.10. The van der Waals surface area contributed by atoms with Crippen LogP contribution in [-0.4, -0.2) is 13.1 Å². The van der Waals surface area contributed by atoms with Crippen LogP contribution < -0.4 is 0 Å². The number of ether oxygens (including phenoxy) is 1. The third-order valence-corrected chi connectivity index (χ3v) is 2.81. The van der Waals surface area contributed by atoms with Crippen LogP contribution in [-0.2, 0) is 9.53 Å². The van der Waals surface area contributed by atoms with Gasteiger partial charge >= 0.3 is 5.97 Å². The van der Waals surface area contributed by atoms with Gasteiger partial charge in [0.1, 0.15) is 0 Å². The molecule has 86 valence electrons. The second-order valence-corrected chi connectivity index (χ2v) is 4.55. The summed E-state index contributed by atoms with van der Waals surface area (Å²) in [6.07, 6.45) is 4.11. The number of carbonyl (C=O) groups excluding carboxylic acids is 1. The number of benzene rings is 1. The Morgan fingerprint density at radius 1 is 1.38 bits per heavy atom. The van der Waals surface area contributed by atoms with Gasteiger partial charge in [0.25, 0.3) is 0 Å². The van der Waals surface area contributed by atoms with E-state index in [1.54, 1.807) is 0 Å². The summed E-state index contributed by atoms with van der Waals surface area (Å²) in [5, 5.41) is 0. The van der Waals surface area contributed by atoms with E-state index in [1.807, 2.05) is 12.2 Å². The Morgan fingerprint density at radius 3 is 2.44 bits per heavy atom. The number of hydrogen-bond acceptors (Lipinski definition) is 2. The van der Waals surface area contributed by atoms with Gasteiger partial charge in [-0.3, -0.25) is 4.79 Å². The highest BCUT2D eigenvalue weighted by atomic mass is 79.9. The Kier molecular flexibility index (Phi) is 4.74. The first kappa shape index (κ1) is 13.0. The maximum atomic E-state index is 10.9. The lowest BCUT2D eigenvalue weighted by molar-refractivity contribution is -0.139. The third-order valence-electron chi connectivity index (χ3n) is 2.36. The lowest BCUT2D eigenvalue weighted by atomic mass is 10.0. The van der Waals surface area contributed by atoms with E-state index in [9.17, 15) is 4.79 Å². The van der Waals surface area contributed by atoms with Gasteiger partial charge < -0.3 is 4.74 Å². The molecule has 3 heteroatoms. The Bertz CT molecular complexity index is 399. The molecule has 0 aliphatic rings. The number of halogens is 1. The van der Waals surface area contributed by atoms with E-state index >= 15 is 0 Å². The molecule has 0 bridgehead atoms. The van der Waals surface area contributed by atoms with Crippen molar-refractivity contribution in [2.45, 2.75) is 20.3 Å². The molecule has 2 nitrogen and oxygen atoms in total. The molecule has 0 heterocycles. The van der Waals surface area contributed by atoms with Crippen LogP contribution in [0.15, 0.2) is 22.7 Å². The molecule has 0 saturated carbocycles. The molecule has 0 aromatic heterocycles. The van der Waals surface area contributed by atoms with E-state index in [4.69, 9.17) is 0 Å². The standard InChI is InChI=1S/C13H15BrO2/c1-9-7-11(14)8-10(2)12(9)5-4-6-13(15)16-3/h4-5,7-8H,6H2,1-3H3/b5-4+. The number of aryl methyl sites for hydroxylation is 2. The molecule has 1 aromatic rings. The van der Waals surface area contributed by atoms with Crippen LogP contribution in [0.2, 0.25) is 0 Å². The maximum absolute atomic E-state index is 10.9. The molecule has 0 N–H and O–H groups in total. The number of carbonyl (C=O) groups is 1. The molecule has 1 aromatic carbocycles. The van der Waals surface area contributed by atoms with Gasteiger partial charge in [-0.1, -0.05) is 28.1 Å². The van der Waals surface area contributed by atoms with E-state index in [1.165, 1.54) is 18.2 Å². The fraction of sp³-hybridized carbons (Fsp3) is 0.308. The first-order chi connectivity index (χ1) is 7.54. The van der Waals surface area contributed by atoms with Crippen molar-refractivity contribution in [2.24, 2.45) is 0 Å². The summed E-state index contributed by atoms with van der Waals surface area (Å²) in [5.74, 6) is -0.219. The minimum absolute atomic E-state index is 0.219. The van der Waals surface area contributed by atoms with Crippen LogP contribution in [0.25, 0.3) is 6.08 Å². The normalized spacial score (nSPS) is 10.8. The lowest BCUT2D eigenvalue weighted by Crippen LogP contribution is -1.96. The first-order valence-corrected chi connectivity index (χ1v) is 5.84. The Morgan fingerprint density at radius 2 is 1.94 bits per heavy atom. The summed E-state index contributed by atoms with van der Waals surface area (Å²) < 4.78 is 5.65. The monoisotopic (exact) mass is 282 g/mol. The zero-order valence-corrected chi connectivity index (χ0v) is 11.3. The largest absolute Gasteiger partial charge is 0.469 e. The van der Waals surface area contributed by atoms with Crippen molar-refractivity contribution < 1.29 is 9.53 Å². The lowest BCUT2D eigenvalue weighted by Gasteiger charge is -2.06. The molecule has 0 fully saturated rings. The van der Waals surface area contributed by atoms with E-state index in [0.717, 1.165) is 10.0 Å². The number of esters is 1. The van der Waals surface area contributed by atoms with Gasteiger partial charge in [0.15, 0.2) is 0 Å². The van der Waals surface area contributed by atoms with Gasteiger partial charge in [0.2, 0.25) is 0 Å². The van der Waals surface area contributed by atoms with Crippen molar-refractivity contribution in [3.63, 3.8) is 0 Å². The average molecular weight is 283 g/mol. The second kappa shape index (κ2) is 5.85. The zero-order valence-electron chi connectivity index (χ0n) is 9.71. The number of methoxy groups -OCH3 is 1. The average Bonchev–Trinajstić information content (AvgIpc) is 2.21. The highest BCUT2D eigenvalue weighted by molar-refractivity contribution is 9.10. The van der Waals surface area contributed by atoms with Crippen molar-refractivity contribution in [3.05, 3.63) is 39.4 Å². The fourth-order valence-electron chi connectivity index (χ4n) is 1.54. The van der Waals surface area contributed by atoms with Crippen LogP contribution in [0.5, 0.6) is 0 Å². The molecule has 0 aliphatic heterocycles. The predicted octanol–water partition coefficient (Wildman–Crippen LogP) is 3.64. The first-order valence-electron chi connectivity index (χ1n) is 5.04. The van der Waals surface area contributed by atoms with Crippen molar-refractivity contribution in [3.8, 4) is 0 Å². The van der Waals surface area contributed by atoms with Gasteiger partial charge in [-0.05, 0) is 42.7 Å². The maximum Gasteiger partial charge on any atom is 0.309 e. The van der Waals surface area contributed by atoms with E-state index in [0.29, 0.717) is 6.42 Å². The Labute approximate surface area is 104 Å². The summed E-state index contributed by atoms with van der Waals surface area (Å²) in [5.41, 5.74) is 3.54. The molecular formula is C13H15BrO2. The molecule has 0 radical (unpaired) electrons. The van der Waals surface area contributed by atoms with Gasteiger partial charge in [-0.25, -0.2) is 0 Å². The fourth-order valence-corrected chi connectivity index (χ4v) is 2.23. The van der Waals surface area contributed by atoms with Gasteiger partial charge in [0, 0.05) is 4.47 Å². The van der Waals surface area contributed by atoms with E-state index in [-0.39, 0.29) is 5.97 Å². The van der Waals surface area contributed by atoms with Crippen molar-refractivity contribution in [1.82, 2.24) is 0 Å². The van der Waals surface area contributed by atoms with Crippen LogP contribution in [0.4, 0.5) is 0 Å². The smallest absolute Gasteiger partial charge is 0.309 e. The number of rotatable bonds is 3. The number of hydrogen-bond donors (Lipinski definition) is 0. The van der Waals surface area contributed by atoms with Crippen molar-refractivity contribution in [1.29, 1.82) is 0 Å². The molecule has 0 saturated heterocycles. The van der Waals surface area contributed by atoms with Crippen molar-refractivity contribution >= 4 is 28.0 Å². The summed E-state index contributed by atoms with van der Waals surface area (Å²) >= 11 is 3.45. The van der Waals surface area contributed by atoms with Gasteiger partial charge in [0.05, 0.1) is 13.5 Å².